The van der Waals surface area contributed by atoms with Crippen LogP contribution in [0.4, 0.5) is 10.1 Å². The Balaban J connectivity index is 1.82. The molecule has 2 rings (SSSR count). The minimum absolute atomic E-state index is 0.0921. The molecule has 0 atom stereocenters. The van der Waals surface area contributed by atoms with Gasteiger partial charge in [0.1, 0.15) is 5.82 Å². The van der Waals surface area contributed by atoms with Crippen molar-refractivity contribution in [1.82, 2.24) is 5.32 Å². The third-order valence-corrected chi connectivity index (χ3v) is 3.83. The zero-order valence-corrected chi connectivity index (χ0v) is 14.3. The molecule has 0 fully saturated rings. The molecular weight excluding hydrogens is 323 g/mol. The van der Waals surface area contributed by atoms with E-state index in [9.17, 15) is 14.0 Å². The third-order valence-electron chi connectivity index (χ3n) is 3.83. The molecule has 25 heavy (non-hydrogen) atoms. The number of anilines is 1. The van der Waals surface area contributed by atoms with Gasteiger partial charge in [-0.25, -0.2) is 9.18 Å². The maximum absolute atomic E-state index is 12.8. The molecule has 0 aliphatic rings. The molecular formula is C19H21FN2O3. The number of hydrogen-bond donors (Lipinski definition) is 2. The second kappa shape index (κ2) is 8.82. The number of hydrogen-bond acceptors (Lipinski definition) is 4. The van der Waals surface area contributed by atoms with Crippen LogP contribution in [0.3, 0.4) is 0 Å². The number of benzene rings is 2. The maximum Gasteiger partial charge on any atom is 0.338 e. The van der Waals surface area contributed by atoms with Crippen LogP contribution >= 0.6 is 0 Å². The van der Waals surface area contributed by atoms with Crippen molar-refractivity contribution in [2.75, 3.05) is 25.5 Å². The Kier molecular flexibility index (Phi) is 6.51. The Morgan fingerprint density at radius 3 is 2.52 bits per heavy atom. The monoisotopic (exact) mass is 344 g/mol. The normalized spacial score (nSPS) is 10.2. The molecule has 5 nitrogen and oxygen atoms in total. The number of methoxy groups -OCH3 is 1. The summed E-state index contributed by atoms with van der Waals surface area (Å²) in [5.74, 6) is -0.851. The highest BCUT2D eigenvalue weighted by molar-refractivity contribution is 5.93. The van der Waals surface area contributed by atoms with Gasteiger partial charge in [0.05, 0.1) is 19.2 Å². The molecule has 0 aliphatic carbocycles. The first-order chi connectivity index (χ1) is 12.0. The Hall–Kier alpha value is -2.89. The standard InChI is InChI=1S/C19H21FN2O3/c1-13-16(19(24)25-2)4-3-5-17(13)22-12-18(23)21-11-10-14-6-8-15(20)9-7-14/h3-9,22H,10-12H2,1-2H3,(H,21,23). The topological polar surface area (TPSA) is 67.4 Å². The summed E-state index contributed by atoms with van der Waals surface area (Å²) in [6.45, 7) is 2.35. The molecule has 0 aliphatic heterocycles. The lowest BCUT2D eigenvalue weighted by atomic mass is 10.1. The summed E-state index contributed by atoms with van der Waals surface area (Å²) in [7, 11) is 1.33. The van der Waals surface area contributed by atoms with Crippen molar-refractivity contribution in [2.24, 2.45) is 0 Å². The van der Waals surface area contributed by atoms with E-state index in [4.69, 9.17) is 4.74 Å². The molecule has 2 N–H and O–H groups in total. The van der Waals surface area contributed by atoms with Crippen LogP contribution in [-0.2, 0) is 16.0 Å². The number of carbonyl (C=O) groups is 2. The smallest absolute Gasteiger partial charge is 0.338 e. The first kappa shape index (κ1) is 18.4. The average Bonchev–Trinajstić information content (AvgIpc) is 2.62. The van der Waals surface area contributed by atoms with Gasteiger partial charge < -0.3 is 15.4 Å². The summed E-state index contributed by atoms with van der Waals surface area (Å²) >= 11 is 0. The van der Waals surface area contributed by atoms with Crippen LogP contribution in [-0.4, -0.2) is 32.1 Å². The Labute approximate surface area is 146 Å². The van der Waals surface area contributed by atoms with E-state index in [1.165, 1.54) is 19.2 Å². The molecule has 0 saturated heterocycles. The van der Waals surface area contributed by atoms with E-state index in [0.717, 1.165) is 11.1 Å². The highest BCUT2D eigenvalue weighted by atomic mass is 19.1. The maximum atomic E-state index is 12.8. The lowest BCUT2D eigenvalue weighted by molar-refractivity contribution is -0.119. The molecule has 0 heterocycles. The molecule has 2 aromatic rings. The van der Waals surface area contributed by atoms with E-state index >= 15 is 0 Å². The predicted octanol–water partition coefficient (Wildman–Crippen LogP) is 2.69. The molecule has 2 aromatic carbocycles. The highest BCUT2D eigenvalue weighted by Crippen LogP contribution is 2.19. The molecule has 0 aromatic heterocycles. The van der Waals surface area contributed by atoms with Crippen molar-refractivity contribution < 1.29 is 18.7 Å². The molecule has 6 heteroatoms. The van der Waals surface area contributed by atoms with Gasteiger partial charge in [-0.1, -0.05) is 18.2 Å². The second-order valence-electron chi connectivity index (χ2n) is 5.55. The number of carbonyl (C=O) groups excluding carboxylic acids is 2. The van der Waals surface area contributed by atoms with Gasteiger partial charge in [-0.05, 0) is 48.7 Å². The largest absolute Gasteiger partial charge is 0.465 e. The van der Waals surface area contributed by atoms with Crippen molar-refractivity contribution >= 4 is 17.6 Å². The lowest BCUT2D eigenvalue weighted by Gasteiger charge is -2.12. The summed E-state index contributed by atoms with van der Waals surface area (Å²) in [5, 5.41) is 5.82. The van der Waals surface area contributed by atoms with Gasteiger partial charge in [-0.15, -0.1) is 0 Å². The number of nitrogens with one attached hydrogen (secondary N) is 2. The molecule has 0 bridgehead atoms. The minimum Gasteiger partial charge on any atom is -0.465 e. The van der Waals surface area contributed by atoms with Crippen LogP contribution in [0.2, 0.25) is 0 Å². The van der Waals surface area contributed by atoms with Gasteiger partial charge in [-0.3, -0.25) is 4.79 Å². The van der Waals surface area contributed by atoms with Gasteiger partial charge in [0.15, 0.2) is 0 Å². The predicted molar refractivity (Wildman–Crippen MR) is 94.1 cm³/mol. The van der Waals surface area contributed by atoms with E-state index in [1.807, 2.05) is 0 Å². The average molecular weight is 344 g/mol. The molecule has 0 radical (unpaired) electrons. The lowest BCUT2D eigenvalue weighted by Crippen LogP contribution is -2.31. The Bertz CT molecular complexity index is 745. The van der Waals surface area contributed by atoms with Gasteiger partial charge in [0.2, 0.25) is 5.91 Å². The fraction of sp³-hybridized carbons (Fsp3) is 0.263. The van der Waals surface area contributed by atoms with Crippen molar-refractivity contribution in [3.8, 4) is 0 Å². The molecule has 0 saturated carbocycles. The van der Waals surface area contributed by atoms with Crippen molar-refractivity contribution in [3.63, 3.8) is 0 Å². The number of ether oxygens (including phenoxy) is 1. The fourth-order valence-corrected chi connectivity index (χ4v) is 2.39. The summed E-state index contributed by atoms with van der Waals surface area (Å²) in [6, 6.07) is 11.4. The molecule has 1 amide bonds. The molecule has 132 valence electrons. The van der Waals surface area contributed by atoms with E-state index in [2.05, 4.69) is 10.6 Å². The molecule has 0 unspecified atom stereocenters. The van der Waals surface area contributed by atoms with E-state index in [-0.39, 0.29) is 18.3 Å². The van der Waals surface area contributed by atoms with Crippen LogP contribution in [0.1, 0.15) is 21.5 Å². The Morgan fingerprint density at radius 1 is 1.12 bits per heavy atom. The Morgan fingerprint density at radius 2 is 1.84 bits per heavy atom. The van der Waals surface area contributed by atoms with E-state index in [1.54, 1.807) is 37.3 Å². The summed E-state index contributed by atoms with van der Waals surface area (Å²) < 4.78 is 17.6. The zero-order valence-electron chi connectivity index (χ0n) is 14.3. The van der Waals surface area contributed by atoms with Crippen LogP contribution in [0, 0.1) is 12.7 Å². The number of esters is 1. The first-order valence-electron chi connectivity index (χ1n) is 7.94. The molecule has 0 spiro atoms. The summed E-state index contributed by atoms with van der Waals surface area (Å²) in [5.41, 5.74) is 2.85. The van der Waals surface area contributed by atoms with Crippen LogP contribution in [0.5, 0.6) is 0 Å². The quantitative estimate of drug-likeness (QED) is 0.758. The number of rotatable bonds is 7. The van der Waals surface area contributed by atoms with Gasteiger partial charge in [0, 0.05) is 12.2 Å². The zero-order chi connectivity index (χ0) is 18.2. The first-order valence-corrected chi connectivity index (χ1v) is 7.94. The fourth-order valence-electron chi connectivity index (χ4n) is 2.39. The van der Waals surface area contributed by atoms with Gasteiger partial charge in [0.25, 0.3) is 0 Å². The second-order valence-corrected chi connectivity index (χ2v) is 5.55. The van der Waals surface area contributed by atoms with Crippen molar-refractivity contribution in [1.29, 1.82) is 0 Å². The van der Waals surface area contributed by atoms with Crippen LogP contribution in [0.15, 0.2) is 42.5 Å². The van der Waals surface area contributed by atoms with E-state index in [0.29, 0.717) is 24.2 Å². The van der Waals surface area contributed by atoms with E-state index < -0.39 is 5.97 Å². The summed E-state index contributed by atoms with van der Waals surface area (Å²) in [6.07, 6.45) is 0.628. The third kappa shape index (κ3) is 5.31. The summed E-state index contributed by atoms with van der Waals surface area (Å²) in [4.78, 5) is 23.6. The number of amides is 1. The van der Waals surface area contributed by atoms with Crippen molar-refractivity contribution in [3.05, 3.63) is 65.0 Å². The van der Waals surface area contributed by atoms with Gasteiger partial charge >= 0.3 is 5.97 Å². The van der Waals surface area contributed by atoms with Crippen LogP contribution < -0.4 is 10.6 Å². The van der Waals surface area contributed by atoms with Crippen LogP contribution in [0.25, 0.3) is 0 Å². The SMILES string of the molecule is COC(=O)c1cccc(NCC(=O)NCCc2ccc(F)cc2)c1C. The van der Waals surface area contributed by atoms with Gasteiger partial charge in [-0.2, -0.15) is 0 Å². The van der Waals surface area contributed by atoms with Crippen molar-refractivity contribution in [2.45, 2.75) is 13.3 Å². The minimum atomic E-state index is -0.412. The number of halogens is 1. The highest BCUT2D eigenvalue weighted by Gasteiger charge is 2.12.